The topological polar surface area (TPSA) is 35.6 Å². The summed E-state index contributed by atoms with van der Waals surface area (Å²) in [5.41, 5.74) is 0. The van der Waals surface area contributed by atoms with E-state index >= 15 is 0 Å². The quantitative estimate of drug-likeness (QED) is 0.922. The van der Waals surface area contributed by atoms with Gasteiger partial charge in [-0.2, -0.15) is 0 Å². The van der Waals surface area contributed by atoms with Crippen LogP contribution in [-0.4, -0.2) is 61.0 Å². The number of rotatable bonds is 3. The van der Waals surface area contributed by atoms with E-state index in [1.54, 1.807) is 0 Å². The highest BCUT2D eigenvalue weighted by molar-refractivity contribution is 7.16. The Labute approximate surface area is 135 Å². The molecule has 2 fully saturated rings. The van der Waals surface area contributed by atoms with Crippen molar-refractivity contribution in [1.29, 1.82) is 0 Å². The van der Waals surface area contributed by atoms with Crippen molar-refractivity contribution in [2.45, 2.75) is 25.3 Å². The summed E-state index contributed by atoms with van der Waals surface area (Å²) in [5.74, 6) is 0.162. The second-order valence-electron chi connectivity index (χ2n) is 5.88. The zero-order valence-corrected chi connectivity index (χ0v) is 13.9. The van der Waals surface area contributed by atoms with Crippen molar-refractivity contribution >= 4 is 28.8 Å². The molecule has 1 N–H and O–H groups in total. The monoisotopic (exact) mass is 327 g/mol. The van der Waals surface area contributed by atoms with Crippen LogP contribution in [0.25, 0.3) is 0 Å². The number of thiophene rings is 1. The number of carbonyl (C=O) groups excluding carboxylic acids is 1. The normalized spacial score (nSPS) is 25.2. The van der Waals surface area contributed by atoms with Gasteiger partial charge in [-0.3, -0.25) is 9.69 Å². The van der Waals surface area contributed by atoms with Crippen molar-refractivity contribution in [1.82, 2.24) is 15.1 Å². The molecule has 1 amide bonds. The van der Waals surface area contributed by atoms with Gasteiger partial charge in [0.15, 0.2) is 0 Å². The Kier molecular flexibility index (Phi) is 4.84. The SMILES string of the molecule is CC(C(=O)N1CCC(N2CCNCC2)C1)c1ccc(Cl)s1. The predicted octanol–water partition coefficient (Wildman–Crippen LogP) is 2.01. The second kappa shape index (κ2) is 6.65. The average molecular weight is 328 g/mol. The van der Waals surface area contributed by atoms with E-state index in [0.717, 1.165) is 54.9 Å². The lowest BCUT2D eigenvalue weighted by Crippen LogP contribution is -2.49. The van der Waals surface area contributed by atoms with E-state index in [-0.39, 0.29) is 11.8 Å². The molecule has 2 aliphatic rings. The molecule has 0 spiro atoms. The minimum atomic E-state index is -0.0794. The summed E-state index contributed by atoms with van der Waals surface area (Å²) in [4.78, 5) is 18.3. The van der Waals surface area contributed by atoms with Gasteiger partial charge in [-0.15, -0.1) is 11.3 Å². The van der Waals surface area contributed by atoms with E-state index < -0.39 is 0 Å². The van der Waals surface area contributed by atoms with Crippen LogP contribution in [0.5, 0.6) is 0 Å². The van der Waals surface area contributed by atoms with Crippen LogP contribution in [0.1, 0.15) is 24.1 Å². The van der Waals surface area contributed by atoms with Gasteiger partial charge in [0.1, 0.15) is 0 Å². The zero-order chi connectivity index (χ0) is 14.8. The maximum atomic E-state index is 12.6. The van der Waals surface area contributed by atoms with Gasteiger partial charge in [0, 0.05) is 50.2 Å². The molecule has 6 heteroatoms. The summed E-state index contributed by atoms with van der Waals surface area (Å²) in [6, 6.07) is 4.38. The van der Waals surface area contributed by atoms with E-state index in [1.807, 2.05) is 24.0 Å². The molecule has 0 radical (unpaired) electrons. The molecule has 2 aliphatic heterocycles. The number of hydrogen-bond donors (Lipinski definition) is 1. The fourth-order valence-corrected chi connectivity index (χ4v) is 4.35. The molecule has 21 heavy (non-hydrogen) atoms. The molecular weight excluding hydrogens is 306 g/mol. The highest BCUT2D eigenvalue weighted by Gasteiger charge is 2.33. The molecule has 3 rings (SSSR count). The number of carbonyl (C=O) groups is 1. The van der Waals surface area contributed by atoms with Crippen LogP contribution >= 0.6 is 22.9 Å². The number of hydrogen-bond acceptors (Lipinski definition) is 4. The number of likely N-dealkylation sites (tertiary alicyclic amines) is 1. The van der Waals surface area contributed by atoms with E-state index in [4.69, 9.17) is 11.6 Å². The number of nitrogens with one attached hydrogen (secondary N) is 1. The summed E-state index contributed by atoms with van der Waals surface area (Å²) >= 11 is 7.49. The van der Waals surface area contributed by atoms with Crippen molar-refractivity contribution in [3.8, 4) is 0 Å². The van der Waals surface area contributed by atoms with Gasteiger partial charge in [0.05, 0.1) is 10.3 Å². The molecule has 0 aliphatic carbocycles. The van der Waals surface area contributed by atoms with E-state index in [1.165, 1.54) is 11.3 Å². The fourth-order valence-electron chi connectivity index (χ4n) is 3.24. The first-order valence-corrected chi connectivity index (χ1v) is 8.83. The van der Waals surface area contributed by atoms with Gasteiger partial charge in [-0.1, -0.05) is 11.6 Å². The highest BCUT2D eigenvalue weighted by Crippen LogP contribution is 2.30. The maximum absolute atomic E-state index is 12.6. The summed E-state index contributed by atoms with van der Waals surface area (Å²) in [6.07, 6.45) is 1.10. The van der Waals surface area contributed by atoms with E-state index in [9.17, 15) is 4.79 Å². The molecule has 4 nitrogen and oxygen atoms in total. The third-order valence-electron chi connectivity index (χ3n) is 4.53. The van der Waals surface area contributed by atoms with Crippen LogP contribution in [0, 0.1) is 0 Å². The Morgan fingerprint density at radius 2 is 2.14 bits per heavy atom. The van der Waals surface area contributed by atoms with Crippen molar-refractivity contribution in [3.05, 3.63) is 21.3 Å². The van der Waals surface area contributed by atoms with Gasteiger partial charge in [0.25, 0.3) is 0 Å². The first-order chi connectivity index (χ1) is 10.1. The molecule has 2 unspecified atom stereocenters. The molecule has 0 aromatic carbocycles. The lowest BCUT2D eigenvalue weighted by Gasteiger charge is -2.32. The average Bonchev–Trinajstić information content (AvgIpc) is 3.16. The van der Waals surface area contributed by atoms with Crippen LogP contribution in [-0.2, 0) is 4.79 Å². The van der Waals surface area contributed by atoms with Gasteiger partial charge in [-0.25, -0.2) is 0 Å². The Morgan fingerprint density at radius 1 is 1.38 bits per heavy atom. The van der Waals surface area contributed by atoms with Gasteiger partial charge in [0.2, 0.25) is 5.91 Å². The standard InChI is InChI=1S/C15H22ClN3OS/c1-11(13-2-3-14(16)21-13)15(20)19-7-4-12(10-19)18-8-5-17-6-9-18/h2-3,11-12,17H,4-10H2,1H3. The molecule has 2 saturated heterocycles. The van der Waals surface area contributed by atoms with Crippen molar-refractivity contribution < 1.29 is 4.79 Å². The van der Waals surface area contributed by atoms with Crippen LogP contribution in [0.3, 0.4) is 0 Å². The zero-order valence-electron chi connectivity index (χ0n) is 12.3. The molecule has 0 bridgehead atoms. The van der Waals surface area contributed by atoms with E-state index in [0.29, 0.717) is 6.04 Å². The Hall–Kier alpha value is -0.620. The number of piperazine rings is 1. The molecule has 116 valence electrons. The van der Waals surface area contributed by atoms with Gasteiger partial charge >= 0.3 is 0 Å². The minimum absolute atomic E-state index is 0.0794. The van der Waals surface area contributed by atoms with Crippen LogP contribution < -0.4 is 5.32 Å². The minimum Gasteiger partial charge on any atom is -0.341 e. The molecule has 0 saturated carbocycles. The number of halogens is 1. The Morgan fingerprint density at radius 3 is 2.81 bits per heavy atom. The third kappa shape index (κ3) is 3.42. The molecule has 1 aromatic rings. The van der Waals surface area contributed by atoms with Gasteiger partial charge < -0.3 is 10.2 Å². The highest BCUT2D eigenvalue weighted by atomic mass is 35.5. The predicted molar refractivity (Wildman–Crippen MR) is 87.2 cm³/mol. The van der Waals surface area contributed by atoms with E-state index in [2.05, 4.69) is 10.2 Å². The fraction of sp³-hybridized carbons (Fsp3) is 0.667. The summed E-state index contributed by atoms with van der Waals surface area (Å²) in [5, 5.41) is 3.38. The third-order valence-corrected chi connectivity index (χ3v) is 5.95. The van der Waals surface area contributed by atoms with Crippen molar-refractivity contribution in [3.63, 3.8) is 0 Å². The van der Waals surface area contributed by atoms with Crippen LogP contribution in [0.4, 0.5) is 0 Å². The number of amides is 1. The van der Waals surface area contributed by atoms with Crippen LogP contribution in [0.15, 0.2) is 12.1 Å². The van der Waals surface area contributed by atoms with Crippen LogP contribution in [0.2, 0.25) is 4.34 Å². The second-order valence-corrected chi connectivity index (χ2v) is 7.62. The van der Waals surface area contributed by atoms with Crippen molar-refractivity contribution in [2.75, 3.05) is 39.3 Å². The first-order valence-electron chi connectivity index (χ1n) is 7.64. The lowest BCUT2D eigenvalue weighted by molar-refractivity contribution is -0.131. The molecular formula is C15H22ClN3OS. The smallest absolute Gasteiger partial charge is 0.230 e. The Balaban J connectivity index is 1.58. The summed E-state index contributed by atoms with van der Waals surface area (Å²) in [7, 11) is 0. The first kappa shape index (κ1) is 15.3. The molecule has 1 aromatic heterocycles. The largest absolute Gasteiger partial charge is 0.341 e. The molecule has 3 heterocycles. The summed E-state index contributed by atoms with van der Waals surface area (Å²) < 4.78 is 0.754. The van der Waals surface area contributed by atoms with Crippen molar-refractivity contribution in [2.24, 2.45) is 0 Å². The lowest BCUT2D eigenvalue weighted by atomic mass is 10.1. The van der Waals surface area contributed by atoms with Gasteiger partial charge in [-0.05, 0) is 25.5 Å². The Bertz CT molecular complexity index is 501. The number of nitrogens with zero attached hydrogens (tertiary/aromatic N) is 2. The molecule has 2 atom stereocenters. The maximum Gasteiger partial charge on any atom is 0.230 e. The summed E-state index contributed by atoms with van der Waals surface area (Å²) in [6.45, 7) is 8.08.